The average Bonchev–Trinajstić information content (AvgIpc) is 2.65. The van der Waals surface area contributed by atoms with Gasteiger partial charge in [-0.05, 0) is 35.0 Å². The molecule has 0 fully saturated rings. The maximum absolute atomic E-state index is 11.4. The Morgan fingerprint density at radius 2 is 2.33 bits per heavy atom. The van der Waals surface area contributed by atoms with Crippen LogP contribution >= 0.6 is 15.9 Å². The average molecular weight is 312 g/mol. The van der Waals surface area contributed by atoms with Crippen LogP contribution in [0.2, 0.25) is 0 Å². The van der Waals surface area contributed by atoms with Gasteiger partial charge < -0.3 is 14.9 Å². The van der Waals surface area contributed by atoms with Gasteiger partial charge in [-0.1, -0.05) is 0 Å². The molecule has 0 aliphatic heterocycles. The fourth-order valence-corrected chi connectivity index (χ4v) is 2.21. The summed E-state index contributed by atoms with van der Waals surface area (Å²) in [5, 5.41) is 0. The minimum atomic E-state index is -0.674. The van der Waals surface area contributed by atoms with Crippen LogP contribution in [-0.2, 0) is 16.0 Å². The number of rotatable bonds is 3. The third kappa shape index (κ3) is 2.39. The molecule has 0 amide bonds. The van der Waals surface area contributed by atoms with Crippen molar-refractivity contribution in [3.8, 4) is 0 Å². The standard InChI is InChI=1S/C12H14BrN3O2/c1-7-10(5-9(14)12(17)18-2)16-6-8(13)3-4-11(16)15-7/h3-4,6,9H,5,14H2,1-2H3. The van der Waals surface area contributed by atoms with Crippen molar-refractivity contribution in [2.24, 2.45) is 5.73 Å². The van der Waals surface area contributed by atoms with E-state index in [0.717, 1.165) is 21.5 Å². The molecule has 2 aromatic heterocycles. The lowest BCUT2D eigenvalue weighted by molar-refractivity contribution is -0.142. The summed E-state index contributed by atoms with van der Waals surface area (Å²) in [7, 11) is 1.33. The summed E-state index contributed by atoms with van der Waals surface area (Å²) in [6.45, 7) is 1.90. The molecule has 18 heavy (non-hydrogen) atoms. The van der Waals surface area contributed by atoms with Crippen molar-refractivity contribution in [1.29, 1.82) is 0 Å². The molecular weight excluding hydrogens is 298 g/mol. The SMILES string of the molecule is COC(=O)C(N)Cc1c(C)nc2ccc(Br)cn12. The summed E-state index contributed by atoms with van der Waals surface area (Å²) in [5.74, 6) is -0.417. The van der Waals surface area contributed by atoms with Crippen LogP contribution in [0.15, 0.2) is 22.8 Å². The van der Waals surface area contributed by atoms with Gasteiger partial charge in [-0.15, -0.1) is 0 Å². The maximum Gasteiger partial charge on any atom is 0.323 e. The summed E-state index contributed by atoms with van der Waals surface area (Å²) in [6.07, 6.45) is 2.31. The predicted molar refractivity (Wildman–Crippen MR) is 71.3 cm³/mol. The van der Waals surface area contributed by atoms with Crippen LogP contribution in [-0.4, -0.2) is 28.5 Å². The minimum absolute atomic E-state index is 0.399. The van der Waals surface area contributed by atoms with E-state index >= 15 is 0 Å². The first-order valence-electron chi connectivity index (χ1n) is 5.49. The Bertz CT molecular complexity index is 594. The predicted octanol–water partition coefficient (Wildman–Crippen LogP) is 1.45. The number of halogens is 1. The van der Waals surface area contributed by atoms with Crippen LogP contribution in [0.3, 0.4) is 0 Å². The number of carbonyl (C=O) groups is 1. The number of methoxy groups -OCH3 is 1. The number of aromatic nitrogens is 2. The van der Waals surface area contributed by atoms with E-state index in [4.69, 9.17) is 5.73 Å². The van der Waals surface area contributed by atoms with Crippen molar-refractivity contribution in [2.75, 3.05) is 7.11 Å². The summed E-state index contributed by atoms with van der Waals surface area (Å²) >= 11 is 3.41. The van der Waals surface area contributed by atoms with E-state index < -0.39 is 12.0 Å². The number of hydrogen-bond acceptors (Lipinski definition) is 4. The monoisotopic (exact) mass is 311 g/mol. The van der Waals surface area contributed by atoms with Gasteiger partial charge in [0.05, 0.1) is 12.8 Å². The van der Waals surface area contributed by atoms with Crippen molar-refractivity contribution in [3.63, 3.8) is 0 Å². The van der Waals surface area contributed by atoms with Gasteiger partial charge in [0.1, 0.15) is 11.7 Å². The van der Waals surface area contributed by atoms with Crippen LogP contribution in [0.5, 0.6) is 0 Å². The van der Waals surface area contributed by atoms with Gasteiger partial charge in [0.2, 0.25) is 0 Å². The lowest BCUT2D eigenvalue weighted by atomic mass is 10.1. The van der Waals surface area contributed by atoms with Gasteiger partial charge in [-0.25, -0.2) is 4.98 Å². The van der Waals surface area contributed by atoms with Crippen molar-refractivity contribution >= 4 is 27.5 Å². The summed E-state index contributed by atoms with van der Waals surface area (Å²) in [6, 6.07) is 3.16. The van der Waals surface area contributed by atoms with E-state index in [9.17, 15) is 4.79 Å². The fourth-order valence-electron chi connectivity index (χ4n) is 1.87. The molecule has 2 rings (SSSR count). The van der Waals surface area contributed by atoms with Gasteiger partial charge in [0.25, 0.3) is 0 Å². The molecule has 1 atom stereocenters. The van der Waals surface area contributed by atoms with Crippen molar-refractivity contribution < 1.29 is 9.53 Å². The van der Waals surface area contributed by atoms with Gasteiger partial charge in [0, 0.05) is 22.8 Å². The van der Waals surface area contributed by atoms with E-state index in [1.54, 1.807) is 0 Å². The molecule has 0 bridgehead atoms. The number of nitrogens with zero attached hydrogens (tertiary/aromatic N) is 2. The van der Waals surface area contributed by atoms with E-state index in [-0.39, 0.29) is 0 Å². The van der Waals surface area contributed by atoms with E-state index in [1.165, 1.54) is 7.11 Å². The maximum atomic E-state index is 11.4. The van der Waals surface area contributed by atoms with Gasteiger partial charge in [-0.2, -0.15) is 0 Å². The van der Waals surface area contributed by atoms with E-state index in [0.29, 0.717) is 6.42 Å². The molecule has 0 radical (unpaired) electrons. The van der Waals surface area contributed by atoms with E-state index in [2.05, 4.69) is 25.7 Å². The number of pyridine rings is 1. The Morgan fingerprint density at radius 3 is 3.00 bits per heavy atom. The summed E-state index contributed by atoms with van der Waals surface area (Å²) < 4.78 is 7.51. The van der Waals surface area contributed by atoms with Crippen LogP contribution in [0, 0.1) is 6.92 Å². The van der Waals surface area contributed by atoms with Crippen LogP contribution < -0.4 is 5.73 Å². The van der Waals surface area contributed by atoms with Crippen molar-refractivity contribution in [2.45, 2.75) is 19.4 Å². The van der Waals surface area contributed by atoms with Crippen LogP contribution in [0.25, 0.3) is 5.65 Å². The van der Waals surface area contributed by atoms with Crippen LogP contribution in [0.1, 0.15) is 11.4 Å². The third-order valence-corrected chi connectivity index (χ3v) is 3.27. The molecule has 2 aromatic rings. The molecule has 0 aromatic carbocycles. The number of aryl methyl sites for hydroxylation is 1. The molecule has 6 heteroatoms. The lowest BCUT2D eigenvalue weighted by Gasteiger charge is -2.09. The molecule has 2 N–H and O–H groups in total. The highest BCUT2D eigenvalue weighted by Gasteiger charge is 2.18. The summed E-state index contributed by atoms with van der Waals surface area (Å²) in [4.78, 5) is 15.8. The number of imidazole rings is 1. The fraction of sp³-hybridized carbons (Fsp3) is 0.333. The normalized spacial score (nSPS) is 12.7. The zero-order valence-corrected chi connectivity index (χ0v) is 11.8. The Hall–Kier alpha value is -1.40. The van der Waals surface area contributed by atoms with Gasteiger partial charge in [-0.3, -0.25) is 4.79 Å². The van der Waals surface area contributed by atoms with E-state index in [1.807, 2.05) is 29.7 Å². The number of esters is 1. The Kier molecular flexibility index (Phi) is 3.68. The number of hydrogen-bond donors (Lipinski definition) is 1. The molecule has 0 saturated heterocycles. The number of fused-ring (bicyclic) bond motifs is 1. The van der Waals surface area contributed by atoms with Gasteiger partial charge in [0.15, 0.2) is 0 Å². The third-order valence-electron chi connectivity index (χ3n) is 2.80. The Labute approximate surface area is 113 Å². The zero-order chi connectivity index (χ0) is 13.3. The molecule has 96 valence electrons. The highest BCUT2D eigenvalue weighted by Crippen LogP contribution is 2.17. The second-order valence-corrected chi connectivity index (χ2v) is 4.97. The highest BCUT2D eigenvalue weighted by molar-refractivity contribution is 9.10. The number of carbonyl (C=O) groups excluding carboxylic acids is 1. The lowest BCUT2D eigenvalue weighted by Crippen LogP contribution is -2.34. The smallest absolute Gasteiger partial charge is 0.323 e. The molecule has 0 spiro atoms. The molecule has 0 saturated carbocycles. The molecule has 0 aliphatic rings. The van der Waals surface area contributed by atoms with Crippen molar-refractivity contribution in [3.05, 3.63) is 34.2 Å². The molecule has 2 heterocycles. The zero-order valence-electron chi connectivity index (χ0n) is 10.2. The Balaban J connectivity index is 2.40. The number of ether oxygens (including phenoxy) is 1. The minimum Gasteiger partial charge on any atom is -0.468 e. The summed E-state index contributed by atoms with van der Waals surface area (Å²) in [5.41, 5.74) is 8.41. The van der Waals surface area contributed by atoms with Crippen molar-refractivity contribution in [1.82, 2.24) is 9.38 Å². The van der Waals surface area contributed by atoms with Crippen LogP contribution in [0.4, 0.5) is 0 Å². The molecule has 5 nitrogen and oxygen atoms in total. The molecular formula is C12H14BrN3O2. The van der Waals surface area contributed by atoms with Gasteiger partial charge >= 0.3 is 5.97 Å². The largest absolute Gasteiger partial charge is 0.468 e. The topological polar surface area (TPSA) is 69.6 Å². The molecule has 0 aliphatic carbocycles. The second kappa shape index (κ2) is 5.07. The number of nitrogens with two attached hydrogens (primary N) is 1. The molecule has 1 unspecified atom stereocenters. The first-order valence-corrected chi connectivity index (χ1v) is 6.28. The highest BCUT2D eigenvalue weighted by atomic mass is 79.9. The second-order valence-electron chi connectivity index (χ2n) is 4.05. The quantitative estimate of drug-likeness (QED) is 0.871. The first-order chi connectivity index (χ1) is 8.52. The Morgan fingerprint density at radius 1 is 1.61 bits per heavy atom. The first kappa shape index (κ1) is 13.0.